The molecule has 0 aliphatic heterocycles. The molecule has 0 aromatic heterocycles. The molecule has 0 spiro atoms. The molecule has 0 unspecified atom stereocenters. The summed E-state index contributed by atoms with van der Waals surface area (Å²) in [7, 11) is 0. The molecule has 3 N–H and O–H groups in total. The third-order valence-corrected chi connectivity index (χ3v) is 2.98. The van der Waals surface area contributed by atoms with Gasteiger partial charge >= 0.3 is 0 Å². The van der Waals surface area contributed by atoms with Crippen molar-refractivity contribution in [3.05, 3.63) is 29.6 Å². The Morgan fingerprint density at radius 1 is 1.31 bits per heavy atom. The van der Waals surface area contributed by atoms with Crippen LogP contribution in [0.25, 0.3) is 0 Å². The Kier molecular flexibility index (Phi) is 5.26. The Morgan fingerprint density at radius 2 is 2.00 bits per heavy atom. The molecule has 0 aliphatic carbocycles. The SMILES string of the molecule is CCC(CC)CNCc1ccc(N)c(F)c1. The van der Waals surface area contributed by atoms with Gasteiger partial charge in [-0.25, -0.2) is 4.39 Å². The number of nitrogens with one attached hydrogen (secondary N) is 1. The van der Waals surface area contributed by atoms with Gasteiger partial charge in [0, 0.05) is 6.54 Å². The van der Waals surface area contributed by atoms with Gasteiger partial charge in [-0.2, -0.15) is 0 Å². The van der Waals surface area contributed by atoms with E-state index >= 15 is 0 Å². The molecule has 0 saturated carbocycles. The van der Waals surface area contributed by atoms with E-state index in [4.69, 9.17) is 5.73 Å². The van der Waals surface area contributed by atoms with Crippen molar-refractivity contribution in [3.63, 3.8) is 0 Å². The molecule has 1 aromatic carbocycles. The Labute approximate surface area is 97.0 Å². The van der Waals surface area contributed by atoms with Crippen molar-refractivity contribution < 1.29 is 4.39 Å². The zero-order chi connectivity index (χ0) is 12.0. The second-order valence-electron chi connectivity index (χ2n) is 4.17. The maximum atomic E-state index is 13.1. The largest absolute Gasteiger partial charge is 0.396 e. The minimum absolute atomic E-state index is 0.212. The highest BCUT2D eigenvalue weighted by molar-refractivity contribution is 5.41. The van der Waals surface area contributed by atoms with E-state index in [0.717, 1.165) is 12.1 Å². The van der Waals surface area contributed by atoms with Crippen molar-refractivity contribution in [2.45, 2.75) is 33.2 Å². The number of halogens is 1. The summed E-state index contributed by atoms with van der Waals surface area (Å²) < 4.78 is 13.1. The highest BCUT2D eigenvalue weighted by Gasteiger charge is 2.03. The number of anilines is 1. The van der Waals surface area contributed by atoms with Crippen molar-refractivity contribution in [1.29, 1.82) is 0 Å². The van der Waals surface area contributed by atoms with Gasteiger partial charge in [-0.05, 0) is 30.2 Å². The molecule has 0 radical (unpaired) electrons. The number of nitrogen functional groups attached to an aromatic ring is 1. The molecule has 2 nitrogen and oxygen atoms in total. The third-order valence-electron chi connectivity index (χ3n) is 2.98. The summed E-state index contributed by atoms with van der Waals surface area (Å²) in [6.07, 6.45) is 2.36. The predicted octanol–water partition coefficient (Wildman–Crippen LogP) is 2.93. The standard InChI is InChI=1S/C13H21FN2/c1-3-10(4-2)8-16-9-11-5-6-13(15)12(14)7-11/h5-7,10,16H,3-4,8-9,15H2,1-2H3. The maximum absolute atomic E-state index is 13.1. The van der Waals surface area contributed by atoms with Crippen LogP contribution in [0.5, 0.6) is 0 Å². The number of rotatable bonds is 6. The summed E-state index contributed by atoms with van der Waals surface area (Å²) in [5, 5.41) is 3.34. The van der Waals surface area contributed by atoms with Gasteiger partial charge in [-0.15, -0.1) is 0 Å². The first-order valence-electron chi connectivity index (χ1n) is 5.92. The lowest BCUT2D eigenvalue weighted by atomic mass is 10.0. The number of nitrogens with two attached hydrogens (primary N) is 1. The van der Waals surface area contributed by atoms with Gasteiger partial charge < -0.3 is 11.1 Å². The van der Waals surface area contributed by atoms with Gasteiger partial charge in [0.25, 0.3) is 0 Å². The summed E-state index contributed by atoms with van der Waals surface area (Å²) in [5.74, 6) is 0.375. The molecular weight excluding hydrogens is 203 g/mol. The molecule has 0 atom stereocenters. The van der Waals surface area contributed by atoms with E-state index in [1.165, 1.54) is 18.9 Å². The second kappa shape index (κ2) is 6.48. The first kappa shape index (κ1) is 13.0. The zero-order valence-electron chi connectivity index (χ0n) is 10.1. The quantitative estimate of drug-likeness (QED) is 0.729. The highest BCUT2D eigenvalue weighted by atomic mass is 19.1. The minimum atomic E-state index is -0.332. The van der Waals surface area contributed by atoms with E-state index in [-0.39, 0.29) is 11.5 Å². The highest BCUT2D eigenvalue weighted by Crippen LogP contribution is 2.12. The maximum Gasteiger partial charge on any atom is 0.146 e. The van der Waals surface area contributed by atoms with E-state index in [1.54, 1.807) is 6.07 Å². The van der Waals surface area contributed by atoms with Crippen LogP contribution >= 0.6 is 0 Å². The molecule has 0 fully saturated rings. The fourth-order valence-electron chi connectivity index (χ4n) is 1.68. The van der Waals surface area contributed by atoms with Crippen molar-refractivity contribution >= 4 is 5.69 Å². The van der Waals surface area contributed by atoms with Crippen LogP contribution in [0.3, 0.4) is 0 Å². The van der Waals surface area contributed by atoms with Gasteiger partial charge in [-0.3, -0.25) is 0 Å². The van der Waals surface area contributed by atoms with Crippen LogP contribution < -0.4 is 11.1 Å². The number of benzene rings is 1. The summed E-state index contributed by atoms with van der Waals surface area (Å²) in [6, 6.07) is 4.97. The molecule has 90 valence electrons. The van der Waals surface area contributed by atoms with E-state index < -0.39 is 0 Å². The molecule has 0 saturated heterocycles. The minimum Gasteiger partial charge on any atom is -0.396 e. The summed E-state index contributed by atoms with van der Waals surface area (Å²) in [4.78, 5) is 0. The van der Waals surface area contributed by atoms with Gasteiger partial charge in [-0.1, -0.05) is 32.8 Å². The molecule has 0 bridgehead atoms. The van der Waals surface area contributed by atoms with Crippen LogP contribution in [0, 0.1) is 11.7 Å². The average Bonchev–Trinajstić information content (AvgIpc) is 2.29. The molecular formula is C13H21FN2. The van der Waals surface area contributed by atoms with Gasteiger partial charge in [0.1, 0.15) is 5.82 Å². The van der Waals surface area contributed by atoms with Crippen LogP contribution in [-0.2, 0) is 6.54 Å². The molecule has 16 heavy (non-hydrogen) atoms. The summed E-state index contributed by atoms with van der Waals surface area (Å²) >= 11 is 0. The topological polar surface area (TPSA) is 38.0 Å². The van der Waals surface area contributed by atoms with E-state index in [9.17, 15) is 4.39 Å². The molecule has 0 aliphatic rings. The van der Waals surface area contributed by atoms with Crippen molar-refractivity contribution in [1.82, 2.24) is 5.32 Å². The number of hydrogen-bond acceptors (Lipinski definition) is 2. The van der Waals surface area contributed by atoms with Gasteiger partial charge in [0.2, 0.25) is 0 Å². The lowest BCUT2D eigenvalue weighted by Crippen LogP contribution is -2.21. The molecule has 1 rings (SSSR count). The fraction of sp³-hybridized carbons (Fsp3) is 0.538. The van der Waals surface area contributed by atoms with Crippen molar-refractivity contribution in [2.24, 2.45) is 5.92 Å². The van der Waals surface area contributed by atoms with Crippen LogP contribution in [0.1, 0.15) is 32.3 Å². The van der Waals surface area contributed by atoms with E-state index in [0.29, 0.717) is 12.5 Å². The zero-order valence-corrected chi connectivity index (χ0v) is 10.1. The predicted molar refractivity (Wildman–Crippen MR) is 66.6 cm³/mol. The van der Waals surface area contributed by atoms with Gasteiger partial charge in [0.15, 0.2) is 0 Å². The average molecular weight is 224 g/mol. The first-order chi connectivity index (χ1) is 7.67. The molecule has 0 heterocycles. The van der Waals surface area contributed by atoms with Gasteiger partial charge in [0.05, 0.1) is 5.69 Å². The summed E-state index contributed by atoms with van der Waals surface area (Å²) in [5.41, 5.74) is 6.57. The Hall–Kier alpha value is -1.09. The van der Waals surface area contributed by atoms with E-state index in [1.807, 2.05) is 6.07 Å². The Morgan fingerprint density at radius 3 is 2.56 bits per heavy atom. The van der Waals surface area contributed by atoms with E-state index in [2.05, 4.69) is 19.2 Å². The Bertz CT molecular complexity index is 322. The molecule has 0 amide bonds. The lowest BCUT2D eigenvalue weighted by molar-refractivity contribution is 0.449. The third kappa shape index (κ3) is 3.81. The fourth-order valence-corrected chi connectivity index (χ4v) is 1.68. The first-order valence-corrected chi connectivity index (χ1v) is 5.92. The van der Waals surface area contributed by atoms with Crippen LogP contribution in [0.4, 0.5) is 10.1 Å². The molecule has 1 aromatic rings. The Balaban J connectivity index is 2.40. The van der Waals surface area contributed by atoms with Crippen LogP contribution in [0.15, 0.2) is 18.2 Å². The van der Waals surface area contributed by atoms with Crippen molar-refractivity contribution in [2.75, 3.05) is 12.3 Å². The normalized spacial score (nSPS) is 11.0. The monoisotopic (exact) mass is 224 g/mol. The number of hydrogen-bond donors (Lipinski definition) is 2. The van der Waals surface area contributed by atoms with Crippen LogP contribution in [0.2, 0.25) is 0 Å². The van der Waals surface area contributed by atoms with Crippen LogP contribution in [-0.4, -0.2) is 6.54 Å². The lowest BCUT2D eigenvalue weighted by Gasteiger charge is -2.13. The van der Waals surface area contributed by atoms with Crippen molar-refractivity contribution in [3.8, 4) is 0 Å². The molecule has 3 heteroatoms. The second-order valence-corrected chi connectivity index (χ2v) is 4.17. The smallest absolute Gasteiger partial charge is 0.146 e. The summed E-state index contributed by atoms with van der Waals surface area (Å²) in [6.45, 7) is 6.07.